The Hall–Kier alpha value is -2.39. The maximum atomic E-state index is 13.1. The SMILES string of the molecule is CN1CCC(CN2CCN(C(=O)CCc3oc(SCc4ccccn4)nc3-c3ccc(Cl)cc3)CC2)CC1. The minimum atomic E-state index is 0.185. The zero-order chi connectivity index (χ0) is 26.3. The van der Waals surface area contributed by atoms with Crippen LogP contribution in [-0.4, -0.2) is 83.4 Å². The molecule has 0 N–H and O–H groups in total. The predicted octanol–water partition coefficient (Wildman–Crippen LogP) is 5.10. The van der Waals surface area contributed by atoms with E-state index in [1.807, 2.05) is 47.4 Å². The van der Waals surface area contributed by atoms with Crippen LogP contribution < -0.4 is 0 Å². The molecule has 3 aromatic rings. The fourth-order valence-electron chi connectivity index (χ4n) is 5.18. The predicted molar refractivity (Wildman–Crippen MR) is 152 cm³/mol. The van der Waals surface area contributed by atoms with Crippen molar-refractivity contribution in [3.05, 3.63) is 65.1 Å². The summed E-state index contributed by atoms with van der Waals surface area (Å²) in [5.41, 5.74) is 2.68. The summed E-state index contributed by atoms with van der Waals surface area (Å²) >= 11 is 7.62. The van der Waals surface area contributed by atoms with Crippen LogP contribution in [0.2, 0.25) is 5.02 Å². The topological polar surface area (TPSA) is 65.7 Å². The van der Waals surface area contributed by atoms with Gasteiger partial charge in [0, 0.05) is 68.1 Å². The normalized spacial score (nSPS) is 17.7. The first-order valence-corrected chi connectivity index (χ1v) is 14.9. The van der Waals surface area contributed by atoms with Gasteiger partial charge < -0.3 is 14.2 Å². The summed E-state index contributed by atoms with van der Waals surface area (Å²) in [5, 5.41) is 1.26. The molecule has 0 atom stereocenters. The summed E-state index contributed by atoms with van der Waals surface area (Å²) in [6.07, 6.45) is 5.28. The van der Waals surface area contributed by atoms with Gasteiger partial charge in [-0.05, 0) is 63.2 Å². The Kier molecular flexibility index (Phi) is 9.38. The Morgan fingerprint density at radius 3 is 2.53 bits per heavy atom. The molecule has 1 amide bonds. The number of benzene rings is 1. The molecule has 0 spiro atoms. The van der Waals surface area contributed by atoms with E-state index >= 15 is 0 Å². The van der Waals surface area contributed by atoms with Gasteiger partial charge in [-0.1, -0.05) is 41.6 Å². The number of piperidine rings is 1. The number of piperazine rings is 1. The van der Waals surface area contributed by atoms with Gasteiger partial charge in [0.1, 0.15) is 11.5 Å². The van der Waals surface area contributed by atoms with E-state index in [1.54, 1.807) is 6.20 Å². The molecule has 2 saturated heterocycles. The van der Waals surface area contributed by atoms with E-state index < -0.39 is 0 Å². The monoisotopic (exact) mass is 553 g/mol. The molecule has 1 aromatic carbocycles. The second-order valence-electron chi connectivity index (χ2n) is 10.3. The number of pyridine rings is 1. The third-order valence-corrected chi connectivity index (χ3v) is 8.62. The van der Waals surface area contributed by atoms with Crippen molar-refractivity contribution < 1.29 is 9.21 Å². The van der Waals surface area contributed by atoms with Crippen LogP contribution in [0.5, 0.6) is 0 Å². The van der Waals surface area contributed by atoms with Crippen LogP contribution >= 0.6 is 23.4 Å². The van der Waals surface area contributed by atoms with Gasteiger partial charge in [0.05, 0.1) is 5.69 Å². The van der Waals surface area contributed by atoms with Crippen LogP contribution in [-0.2, 0) is 17.0 Å². The number of aryl methyl sites for hydroxylation is 1. The maximum Gasteiger partial charge on any atom is 0.256 e. The number of nitrogens with zero attached hydrogens (tertiary/aromatic N) is 5. The summed E-state index contributed by atoms with van der Waals surface area (Å²) in [7, 11) is 2.21. The van der Waals surface area contributed by atoms with Gasteiger partial charge in [0.25, 0.3) is 5.22 Å². The summed E-state index contributed by atoms with van der Waals surface area (Å²) in [6.45, 7) is 7.10. The molecule has 0 saturated carbocycles. The van der Waals surface area contributed by atoms with Crippen molar-refractivity contribution in [1.82, 2.24) is 24.7 Å². The van der Waals surface area contributed by atoms with Gasteiger partial charge in [-0.25, -0.2) is 4.98 Å². The van der Waals surface area contributed by atoms with Crippen molar-refractivity contribution in [3.63, 3.8) is 0 Å². The Morgan fingerprint density at radius 2 is 1.82 bits per heavy atom. The molecule has 2 aromatic heterocycles. The summed E-state index contributed by atoms with van der Waals surface area (Å²) in [6, 6.07) is 13.5. The maximum absolute atomic E-state index is 13.1. The second kappa shape index (κ2) is 13.1. The lowest BCUT2D eigenvalue weighted by atomic mass is 9.96. The van der Waals surface area contributed by atoms with E-state index in [2.05, 4.69) is 21.8 Å². The average Bonchev–Trinajstić information content (AvgIpc) is 3.36. The molecular formula is C29H36ClN5O2S. The number of aromatic nitrogens is 2. The summed E-state index contributed by atoms with van der Waals surface area (Å²) in [5.74, 6) is 2.38. The standard InChI is InChI=1S/C29H36ClN5O2S/c1-33-14-11-22(12-15-33)20-34-16-18-35(19-17-34)27(36)10-9-26-28(23-5-7-24(30)8-6-23)32-29(37-26)38-21-25-4-2-3-13-31-25/h2-8,13,22H,9-12,14-21H2,1H3. The first kappa shape index (κ1) is 27.2. The van der Waals surface area contributed by atoms with E-state index in [1.165, 1.54) is 37.7 Å². The van der Waals surface area contributed by atoms with Crippen molar-refractivity contribution in [2.24, 2.45) is 5.92 Å². The van der Waals surface area contributed by atoms with Gasteiger partial charge >= 0.3 is 0 Å². The lowest BCUT2D eigenvalue weighted by Gasteiger charge is -2.38. The fraction of sp³-hybridized carbons (Fsp3) is 0.483. The van der Waals surface area contributed by atoms with E-state index in [0.717, 1.165) is 61.4 Å². The highest BCUT2D eigenvalue weighted by atomic mass is 35.5. The van der Waals surface area contributed by atoms with E-state index in [9.17, 15) is 4.79 Å². The van der Waals surface area contributed by atoms with Crippen LogP contribution in [0.25, 0.3) is 11.3 Å². The third kappa shape index (κ3) is 7.38. The number of carbonyl (C=O) groups is 1. The van der Waals surface area contributed by atoms with Gasteiger partial charge in [-0.3, -0.25) is 14.7 Å². The average molecular weight is 554 g/mol. The molecule has 0 aliphatic carbocycles. The lowest BCUT2D eigenvalue weighted by Crippen LogP contribution is -2.50. The van der Waals surface area contributed by atoms with Crippen LogP contribution in [0.1, 0.15) is 30.7 Å². The van der Waals surface area contributed by atoms with Gasteiger partial charge in [0.2, 0.25) is 5.91 Å². The first-order chi connectivity index (χ1) is 18.5. The Morgan fingerprint density at radius 1 is 1.05 bits per heavy atom. The number of halogens is 1. The van der Waals surface area contributed by atoms with Crippen molar-refractivity contribution in [2.75, 3.05) is 52.9 Å². The molecule has 0 radical (unpaired) electrons. The van der Waals surface area contributed by atoms with Crippen molar-refractivity contribution in [2.45, 2.75) is 36.7 Å². The zero-order valence-electron chi connectivity index (χ0n) is 22.0. The first-order valence-electron chi connectivity index (χ1n) is 13.5. The number of amides is 1. The number of carbonyl (C=O) groups excluding carboxylic acids is 1. The van der Waals surface area contributed by atoms with Gasteiger partial charge in [0.15, 0.2) is 0 Å². The molecule has 2 fully saturated rings. The quantitative estimate of drug-likeness (QED) is 0.341. The minimum absolute atomic E-state index is 0.185. The number of hydrogen-bond acceptors (Lipinski definition) is 7. The molecule has 4 heterocycles. The van der Waals surface area contributed by atoms with Crippen molar-refractivity contribution in [1.29, 1.82) is 0 Å². The number of likely N-dealkylation sites (tertiary alicyclic amines) is 1. The third-order valence-electron chi connectivity index (χ3n) is 7.51. The van der Waals surface area contributed by atoms with Crippen LogP contribution in [0, 0.1) is 5.92 Å². The number of oxazole rings is 1. The van der Waals surface area contributed by atoms with E-state index in [4.69, 9.17) is 21.0 Å². The van der Waals surface area contributed by atoms with E-state index in [0.29, 0.717) is 28.8 Å². The summed E-state index contributed by atoms with van der Waals surface area (Å²) < 4.78 is 6.18. The van der Waals surface area contributed by atoms with Crippen LogP contribution in [0.4, 0.5) is 0 Å². The molecule has 38 heavy (non-hydrogen) atoms. The molecule has 2 aliphatic heterocycles. The lowest BCUT2D eigenvalue weighted by molar-refractivity contribution is -0.133. The molecule has 5 rings (SSSR count). The molecular weight excluding hydrogens is 518 g/mol. The molecule has 9 heteroatoms. The molecule has 202 valence electrons. The summed E-state index contributed by atoms with van der Waals surface area (Å²) in [4.78, 5) is 29.3. The zero-order valence-corrected chi connectivity index (χ0v) is 23.6. The highest BCUT2D eigenvalue weighted by Gasteiger charge is 2.25. The highest BCUT2D eigenvalue weighted by molar-refractivity contribution is 7.98. The van der Waals surface area contributed by atoms with Crippen molar-refractivity contribution in [3.8, 4) is 11.3 Å². The molecule has 0 bridgehead atoms. The van der Waals surface area contributed by atoms with Gasteiger partial charge in [-0.15, -0.1) is 0 Å². The van der Waals surface area contributed by atoms with Crippen LogP contribution in [0.15, 0.2) is 58.3 Å². The molecule has 0 unspecified atom stereocenters. The molecule has 2 aliphatic rings. The second-order valence-corrected chi connectivity index (χ2v) is 11.7. The van der Waals surface area contributed by atoms with E-state index in [-0.39, 0.29) is 5.91 Å². The van der Waals surface area contributed by atoms with Gasteiger partial charge in [-0.2, -0.15) is 0 Å². The number of rotatable bonds is 9. The largest absolute Gasteiger partial charge is 0.436 e. The minimum Gasteiger partial charge on any atom is -0.436 e. The van der Waals surface area contributed by atoms with Crippen LogP contribution in [0.3, 0.4) is 0 Å². The smallest absolute Gasteiger partial charge is 0.256 e. The molecule has 7 nitrogen and oxygen atoms in total. The highest BCUT2D eigenvalue weighted by Crippen LogP contribution is 2.31. The number of hydrogen-bond donors (Lipinski definition) is 0. The fourth-order valence-corrected chi connectivity index (χ4v) is 6.07. The number of thioether (sulfide) groups is 1. The Labute approximate surface area is 234 Å². The Balaban J connectivity index is 1.17. The van der Waals surface area contributed by atoms with Crippen molar-refractivity contribution >= 4 is 29.3 Å². The Bertz CT molecular complexity index is 1170.